The van der Waals surface area contributed by atoms with E-state index in [0.717, 1.165) is 16.7 Å². The number of carbonyl (C=O) groups excluding carboxylic acids is 1. The SMILES string of the molecule is CC(C)[C@H](NCP(=O)(O)O)C(=O)N[C@@H](Cc1ccc(-c2ccccc2)cc1)C(=O)O. The Bertz CT molecular complexity index is 895. The van der Waals surface area contributed by atoms with Crippen LogP contribution < -0.4 is 10.6 Å². The summed E-state index contributed by atoms with van der Waals surface area (Å²) >= 11 is 0. The van der Waals surface area contributed by atoms with Crippen LogP contribution in [0, 0.1) is 5.92 Å². The van der Waals surface area contributed by atoms with Gasteiger partial charge in [0, 0.05) is 6.42 Å². The Balaban J connectivity index is 2.07. The van der Waals surface area contributed by atoms with Crippen LogP contribution in [0.3, 0.4) is 0 Å². The molecule has 0 aliphatic heterocycles. The Morgan fingerprint density at radius 1 is 0.967 bits per heavy atom. The average Bonchev–Trinajstić information content (AvgIpc) is 2.67. The number of nitrogens with one attached hydrogen (secondary N) is 2. The third-order valence-electron chi connectivity index (χ3n) is 4.58. The molecule has 0 aliphatic carbocycles. The molecule has 0 saturated heterocycles. The van der Waals surface area contributed by atoms with Gasteiger partial charge in [-0.25, -0.2) is 4.79 Å². The number of amides is 1. The molecule has 30 heavy (non-hydrogen) atoms. The molecule has 2 atom stereocenters. The summed E-state index contributed by atoms with van der Waals surface area (Å²) < 4.78 is 11.1. The van der Waals surface area contributed by atoms with Crippen molar-refractivity contribution in [3.63, 3.8) is 0 Å². The van der Waals surface area contributed by atoms with Gasteiger partial charge >= 0.3 is 13.6 Å². The summed E-state index contributed by atoms with van der Waals surface area (Å²) in [6, 6.07) is 15.1. The van der Waals surface area contributed by atoms with Gasteiger partial charge in [-0.15, -0.1) is 0 Å². The van der Waals surface area contributed by atoms with E-state index in [4.69, 9.17) is 9.79 Å². The van der Waals surface area contributed by atoms with Gasteiger partial charge in [-0.3, -0.25) is 14.7 Å². The summed E-state index contributed by atoms with van der Waals surface area (Å²) in [4.78, 5) is 42.3. The van der Waals surface area contributed by atoms with Gasteiger partial charge in [0.2, 0.25) is 5.91 Å². The minimum atomic E-state index is -4.34. The van der Waals surface area contributed by atoms with Crippen LogP contribution in [0.25, 0.3) is 11.1 Å². The second-order valence-corrected chi connectivity index (χ2v) is 9.06. The topological polar surface area (TPSA) is 136 Å². The van der Waals surface area contributed by atoms with Gasteiger partial charge in [0.05, 0.1) is 12.3 Å². The quantitative estimate of drug-likeness (QED) is 0.362. The molecule has 8 nitrogen and oxygen atoms in total. The predicted octanol–water partition coefficient (Wildman–Crippen LogP) is 2.21. The van der Waals surface area contributed by atoms with Gasteiger partial charge in [-0.2, -0.15) is 0 Å². The summed E-state index contributed by atoms with van der Waals surface area (Å²) in [5.74, 6) is -2.10. The molecule has 2 aromatic rings. The fraction of sp³-hybridized carbons (Fsp3) is 0.333. The van der Waals surface area contributed by atoms with Crippen LogP contribution in [0.4, 0.5) is 0 Å². The molecule has 0 aromatic heterocycles. The fourth-order valence-electron chi connectivity index (χ4n) is 3.01. The molecule has 0 bridgehead atoms. The lowest BCUT2D eigenvalue weighted by Crippen LogP contribution is -2.53. The Kier molecular flexibility index (Phi) is 8.32. The lowest BCUT2D eigenvalue weighted by atomic mass is 9.99. The number of benzene rings is 2. The van der Waals surface area contributed by atoms with Gasteiger partial charge in [0.15, 0.2) is 0 Å². The van der Waals surface area contributed by atoms with Crippen molar-refractivity contribution in [2.24, 2.45) is 5.92 Å². The van der Waals surface area contributed by atoms with Crippen molar-refractivity contribution >= 4 is 19.5 Å². The van der Waals surface area contributed by atoms with Gasteiger partial charge < -0.3 is 20.2 Å². The number of hydrogen-bond donors (Lipinski definition) is 5. The van der Waals surface area contributed by atoms with Crippen molar-refractivity contribution in [2.45, 2.75) is 32.4 Å². The van der Waals surface area contributed by atoms with Crippen molar-refractivity contribution < 1.29 is 29.0 Å². The van der Waals surface area contributed by atoms with Crippen LogP contribution in [0.5, 0.6) is 0 Å². The Morgan fingerprint density at radius 3 is 2.03 bits per heavy atom. The Hall–Kier alpha value is -2.51. The fourth-order valence-corrected chi connectivity index (χ4v) is 3.44. The van der Waals surface area contributed by atoms with Crippen LogP contribution in [0.2, 0.25) is 0 Å². The highest BCUT2D eigenvalue weighted by Crippen LogP contribution is 2.32. The molecule has 1 amide bonds. The first-order valence-corrected chi connectivity index (χ1v) is 11.3. The number of hydrogen-bond acceptors (Lipinski definition) is 4. The van der Waals surface area contributed by atoms with E-state index in [9.17, 15) is 19.3 Å². The molecule has 5 N–H and O–H groups in total. The van der Waals surface area contributed by atoms with E-state index in [2.05, 4.69) is 10.6 Å². The number of rotatable bonds is 10. The summed E-state index contributed by atoms with van der Waals surface area (Å²) in [7, 11) is -4.34. The molecule has 162 valence electrons. The molecule has 0 fully saturated rings. The van der Waals surface area contributed by atoms with E-state index < -0.39 is 37.8 Å². The zero-order valence-electron chi connectivity index (χ0n) is 16.9. The molecule has 0 radical (unpaired) electrons. The first-order valence-electron chi connectivity index (χ1n) is 9.52. The molecular formula is C21H27N2O6P. The normalized spacial score (nSPS) is 13.6. The lowest BCUT2D eigenvalue weighted by Gasteiger charge is -2.24. The van der Waals surface area contributed by atoms with Crippen molar-refractivity contribution in [3.05, 3.63) is 60.2 Å². The average molecular weight is 434 g/mol. The van der Waals surface area contributed by atoms with E-state index in [1.165, 1.54) is 0 Å². The maximum absolute atomic E-state index is 12.6. The molecule has 2 rings (SSSR count). The highest BCUT2D eigenvalue weighted by Gasteiger charge is 2.29. The summed E-state index contributed by atoms with van der Waals surface area (Å²) in [5.41, 5.74) is 2.78. The molecule has 2 aromatic carbocycles. The number of carbonyl (C=O) groups is 2. The minimum absolute atomic E-state index is 0.0828. The molecule has 0 saturated carbocycles. The predicted molar refractivity (Wildman–Crippen MR) is 114 cm³/mol. The first kappa shape index (κ1) is 23.8. The molecule has 9 heteroatoms. The zero-order chi connectivity index (χ0) is 22.3. The number of aliphatic carboxylic acids is 1. The van der Waals surface area contributed by atoms with E-state index in [-0.39, 0.29) is 12.3 Å². The van der Waals surface area contributed by atoms with Gasteiger partial charge in [0.25, 0.3) is 0 Å². The second-order valence-electron chi connectivity index (χ2n) is 7.42. The maximum atomic E-state index is 12.6. The molecule has 0 aliphatic rings. The first-order chi connectivity index (χ1) is 14.1. The number of carboxylic acids is 1. The third kappa shape index (κ3) is 7.39. The Morgan fingerprint density at radius 2 is 1.53 bits per heavy atom. The van der Waals surface area contributed by atoms with Gasteiger partial charge in [0.1, 0.15) is 6.04 Å². The van der Waals surface area contributed by atoms with Crippen LogP contribution in [0.1, 0.15) is 19.4 Å². The van der Waals surface area contributed by atoms with Gasteiger partial charge in [-0.1, -0.05) is 68.4 Å². The van der Waals surface area contributed by atoms with E-state index in [1.807, 2.05) is 54.6 Å². The molecule has 0 spiro atoms. The van der Waals surface area contributed by atoms with Crippen LogP contribution in [0.15, 0.2) is 54.6 Å². The summed E-state index contributed by atoms with van der Waals surface area (Å²) in [5, 5.41) is 14.5. The van der Waals surface area contributed by atoms with Crippen LogP contribution in [-0.4, -0.2) is 45.1 Å². The monoisotopic (exact) mass is 434 g/mol. The van der Waals surface area contributed by atoms with Crippen molar-refractivity contribution in [1.82, 2.24) is 10.6 Å². The standard InChI is InChI=1S/C21H27N2O6P/c1-14(2)19(22-13-30(27,28)29)20(24)23-18(21(25)26)12-15-8-10-17(11-9-15)16-6-4-3-5-7-16/h3-11,14,18-19,22H,12-13H2,1-2H3,(H,23,24)(H,25,26)(H2,27,28,29)/t18-,19-/m0/s1. The number of carboxylic acid groups (broad SMARTS) is 1. The lowest BCUT2D eigenvalue weighted by molar-refractivity contribution is -0.142. The van der Waals surface area contributed by atoms with Crippen molar-refractivity contribution in [3.8, 4) is 11.1 Å². The van der Waals surface area contributed by atoms with E-state index in [1.54, 1.807) is 13.8 Å². The Labute approximate surface area is 175 Å². The molecule has 0 unspecified atom stereocenters. The molecule has 0 heterocycles. The maximum Gasteiger partial charge on any atom is 0.339 e. The van der Waals surface area contributed by atoms with Crippen molar-refractivity contribution in [2.75, 3.05) is 6.29 Å². The van der Waals surface area contributed by atoms with Gasteiger partial charge in [-0.05, 0) is 22.6 Å². The van der Waals surface area contributed by atoms with E-state index >= 15 is 0 Å². The summed E-state index contributed by atoms with van der Waals surface area (Å²) in [6.07, 6.45) is -0.582. The van der Waals surface area contributed by atoms with E-state index in [0.29, 0.717) is 0 Å². The third-order valence-corrected chi connectivity index (χ3v) is 5.18. The molecular weight excluding hydrogens is 407 g/mol. The highest BCUT2D eigenvalue weighted by atomic mass is 31.2. The second kappa shape index (κ2) is 10.5. The largest absolute Gasteiger partial charge is 0.480 e. The zero-order valence-corrected chi connectivity index (χ0v) is 17.8. The van der Waals surface area contributed by atoms with Crippen molar-refractivity contribution in [1.29, 1.82) is 0 Å². The highest BCUT2D eigenvalue weighted by molar-refractivity contribution is 7.51. The minimum Gasteiger partial charge on any atom is -0.480 e. The van der Waals surface area contributed by atoms with Crippen LogP contribution in [-0.2, 0) is 20.6 Å². The summed E-state index contributed by atoms with van der Waals surface area (Å²) in [6.45, 7) is 3.41. The van der Waals surface area contributed by atoms with Crippen LogP contribution >= 0.6 is 7.60 Å². The smallest absolute Gasteiger partial charge is 0.339 e.